The van der Waals surface area contributed by atoms with E-state index in [-0.39, 0.29) is 17.1 Å². The zero-order valence-corrected chi connectivity index (χ0v) is 14.1. The zero-order valence-electron chi connectivity index (χ0n) is 13.3. The number of rotatable bonds is 8. The lowest BCUT2D eigenvalue weighted by atomic mass is 10.2. The van der Waals surface area contributed by atoms with Gasteiger partial charge in [0.1, 0.15) is 5.76 Å². The number of nitro groups is 1. The molecule has 0 saturated carbocycles. The summed E-state index contributed by atoms with van der Waals surface area (Å²) in [7, 11) is -3.70. The highest BCUT2D eigenvalue weighted by atomic mass is 32.2. The van der Waals surface area contributed by atoms with Gasteiger partial charge in [-0.3, -0.25) is 10.1 Å². The van der Waals surface area contributed by atoms with Gasteiger partial charge in [-0.2, -0.15) is 0 Å². The number of nitro benzene ring substituents is 1. The summed E-state index contributed by atoms with van der Waals surface area (Å²) in [6, 6.07) is 4.73. The predicted octanol–water partition coefficient (Wildman–Crippen LogP) is 1.27. The second kappa shape index (κ2) is 7.51. The fraction of sp³-hybridized carbons (Fsp3) is 0.357. The van der Waals surface area contributed by atoms with Gasteiger partial charge in [-0.25, -0.2) is 13.1 Å². The van der Waals surface area contributed by atoms with Crippen LogP contribution in [0.4, 0.5) is 5.69 Å². The summed E-state index contributed by atoms with van der Waals surface area (Å²) in [4.78, 5) is 9.98. The first kappa shape index (κ1) is 18.0. The fourth-order valence-corrected chi connectivity index (χ4v) is 3.10. The molecule has 0 atom stereocenters. The van der Waals surface area contributed by atoms with Gasteiger partial charge in [-0.15, -0.1) is 0 Å². The lowest BCUT2D eigenvalue weighted by molar-refractivity contribution is -0.384. The van der Waals surface area contributed by atoms with Crippen molar-refractivity contribution in [1.29, 1.82) is 0 Å². The van der Waals surface area contributed by atoms with Gasteiger partial charge < -0.3 is 9.84 Å². The minimum atomic E-state index is -3.70. The third-order valence-electron chi connectivity index (χ3n) is 3.43. The predicted molar refractivity (Wildman–Crippen MR) is 86.0 cm³/mol. The van der Waals surface area contributed by atoms with Crippen LogP contribution in [0.15, 0.2) is 33.7 Å². The molecule has 0 spiro atoms. The van der Waals surface area contributed by atoms with Crippen molar-refractivity contribution in [3.63, 3.8) is 0 Å². The Labute approximate surface area is 139 Å². The summed E-state index contributed by atoms with van der Waals surface area (Å²) >= 11 is 0. The lowest BCUT2D eigenvalue weighted by Crippen LogP contribution is -2.31. The molecule has 2 N–H and O–H groups in total. The van der Waals surface area contributed by atoms with Crippen LogP contribution < -0.4 is 10.0 Å². The minimum absolute atomic E-state index is 0.0150. The van der Waals surface area contributed by atoms with E-state index in [4.69, 9.17) is 4.52 Å². The highest BCUT2D eigenvalue weighted by molar-refractivity contribution is 7.89. The number of hydrogen-bond acceptors (Lipinski definition) is 7. The van der Waals surface area contributed by atoms with Gasteiger partial charge in [0.15, 0.2) is 0 Å². The molecule has 1 aromatic carbocycles. The van der Waals surface area contributed by atoms with Gasteiger partial charge in [0, 0.05) is 37.3 Å². The van der Waals surface area contributed by atoms with E-state index in [1.165, 1.54) is 12.1 Å². The van der Waals surface area contributed by atoms with E-state index in [9.17, 15) is 18.5 Å². The van der Waals surface area contributed by atoms with Crippen LogP contribution >= 0.6 is 0 Å². The maximum absolute atomic E-state index is 12.1. The first-order valence-corrected chi connectivity index (χ1v) is 8.66. The molecule has 9 nitrogen and oxygen atoms in total. The quantitative estimate of drug-likeness (QED) is 0.415. The summed E-state index contributed by atoms with van der Waals surface area (Å²) in [5.74, 6) is 0.728. The SMILES string of the molecule is Cc1noc(C)c1CNCCNS(=O)(=O)c1ccc([N+](=O)[O-])cc1. The van der Waals surface area contributed by atoms with Crippen molar-refractivity contribution in [2.75, 3.05) is 13.1 Å². The molecular formula is C14H18N4O5S. The number of benzene rings is 1. The highest BCUT2D eigenvalue weighted by Crippen LogP contribution is 2.15. The highest BCUT2D eigenvalue weighted by Gasteiger charge is 2.15. The maximum atomic E-state index is 12.1. The van der Waals surface area contributed by atoms with Crippen LogP contribution in [0, 0.1) is 24.0 Å². The summed E-state index contributed by atoms with van der Waals surface area (Å²) in [5.41, 5.74) is 1.59. The standard InChI is InChI=1S/C14H18N4O5S/c1-10-14(11(2)23-17-10)9-15-7-8-16-24(21,22)13-5-3-12(4-6-13)18(19)20/h3-6,15-16H,7-9H2,1-2H3. The van der Waals surface area contributed by atoms with Gasteiger partial charge in [-0.05, 0) is 26.0 Å². The van der Waals surface area contributed by atoms with Crippen molar-refractivity contribution >= 4 is 15.7 Å². The van der Waals surface area contributed by atoms with Gasteiger partial charge in [0.25, 0.3) is 5.69 Å². The van der Waals surface area contributed by atoms with Gasteiger partial charge in [0.05, 0.1) is 15.5 Å². The topological polar surface area (TPSA) is 127 Å². The Morgan fingerprint density at radius 3 is 2.42 bits per heavy atom. The maximum Gasteiger partial charge on any atom is 0.269 e. The molecule has 0 fully saturated rings. The Kier molecular flexibility index (Phi) is 5.65. The van der Waals surface area contributed by atoms with Crippen LogP contribution in [-0.2, 0) is 16.6 Å². The Morgan fingerprint density at radius 1 is 1.21 bits per heavy atom. The number of sulfonamides is 1. The van der Waals surface area contributed by atoms with Crippen LogP contribution in [-0.4, -0.2) is 31.6 Å². The molecule has 0 aliphatic rings. The number of aromatic nitrogens is 1. The molecule has 2 rings (SSSR count). The number of non-ortho nitro benzene ring substituents is 1. The molecule has 1 heterocycles. The van der Waals surface area contributed by atoms with Crippen LogP contribution in [0.25, 0.3) is 0 Å². The molecule has 130 valence electrons. The van der Waals surface area contributed by atoms with Crippen molar-refractivity contribution < 1.29 is 17.9 Å². The molecule has 0 radical (unpaired) electrons. The second-order valence-electron chi connectivity index (χ2n) is 5.13. The minimum Gasteiger partial charge on any atom is -0.361 e. The van der Waals surface area contributed by atoms with Crippen molar-refractivity contribution in [3.8, 4) is 0 Å². The summed E-state index contributed by atoms with van der Waals surface area (Å²) < 4.78 is 31.6. The average molecular weight is 354 g/mol. The molecular weight excluding hydrogens is 336 g/mol. The largest absolute Gasteiger partial charge is 0.361 e. The summed E-state index contributed by atoms with van der Waals surface area (Å²) in [6.45, 7) is 4.78. The molecule has 0 aliphatic carbocycles. The molecule has 0 saturated heterocycles. The fourth-order valence-electron chi connectivity index (χ4n) is 2.07. The molecule has 1 aromatic heterocycles. The van der Waals surface area contributed by atoms with E-state index >= 15 is 0 Å². The average Bonchev–Trinajstić information content (AvgIpc) is 2.86. The first-order valence-electron chi connectivity index (χ1n) is 7.18. The second-order valence-corrected chi connectivity index (χ2v) is 6.90. The van der Waals surface area contributed by atoms with E-state index in [0.717, 1.165) is 29.2 Å². The molecule has 10 heteroatoms. The van der Waals surface area contributed by atoms with Gasteiger partial charge >= 0.3 is 0 Å². The number of nitrogens with zero attached hydrogens (tertiary/aromatic N) is 2. The van der Waals surface area contributed by atoms with Crippen molar-refractivity contribution in [1.82, 2.24) is 15.2 Å². The van der Waals surface area contributed by atoms with E-state index in [0.29, 0.717) is 13.1 Å². The van der Waals surface area contributed by atoms with Crippen LogP contribution in [0.1, 0.15) is 17.0 Å². The van der Waals surface area contributed by atoms with E-state index < -0.39 is 14.9 Å². The van der Waals surface area contributed by atoms with Crippen LogP contribution in [0.5, 0.6) is 0 Å². The van der Waals surface area contributed by atoms with E-state index in [1.54, 1.807) is 0 Å². The van der Waals surface area contributed by atoms with Gasteiger partial charge in [-0.1, -0.05) is 5.16 Å². The number of aryl methyl sites for hydroxylation is 2. The lowest BCUT2D eigenvalue weighted by Gasteiger charge is -2.08. The normalized spacial score (nSPS) is 11.6. The molecule has 24 heavy (non-hydrogen) atoms. The third kappa shape index (κ3) is 4.37. The van der Waals surface area contributed by atoms with Gasteiger partial charge in [0.2, 0.25) is 10.0 Å². The zero-order chi connectivity index (χ0) is 17.7. The summed E-state index contributed by atoms with van der Waals surface area (Å²) in [5, 5.41) is 17.5. The molecule has 0 unspecified atom stereocenters. The summed E-state index contributed by atoms with van der Waals surface area (Å²) in [6.07, 6.45) is 0. The number of hydrogen-bond donors (Lipinski definition) is 2. The van der Waals surface area contributed by atoms with Crippen LogP contribution in [0.2, 0.25) is 0 Å². The molecule has 0 aliphatic heterocycles. The monoisotopic (exact) mass is 354 g/mol. The Balaban J connectivity index is 1.83. The smallest absolute Gasteiger partial charge is 0.269 e. The molecule has 2 aromatic rings. The Hall–Kier alpha value is -2.30. The Bertz CT molecular complexity index is 795. The third-order valence-corrected chi connectivity index (χ3v) is 4.91. The molecule has 0 bridgehead atoms. The molecule has 0 amide bonds. The van der Waals surface area contributed by atoms with Crippen molar-refractivity contribution in [2.45, 2.75) is 25.3 Å². The van der Waals surface area contributed by atoms with Crippen LogP contribution in [0.3, 0.4) is 0 Å². The number of nitrogens with one attached hydrogen (secondary N) is 2. The van der Waals surface area contributed by atoms with E-state index in [1.807, 2.05) is 13.8 Å². The Morgan fingerprint density at radius 2 is 1.88 bits per heavy atom. The van der Waals surface area contributed by atoms with Crippen molar-refractivity contribution in [2.24, 2.45) is 0 Å². The van der Waals surface area contributed by atoms with Crippen molar-refractivity contribution in [3.05, 3.63) is 51.4 Å². The first-order chi connectivity index (χ1) is 11.3. The van der Waals surface area contributed by atoms with E-state index in [2.05, 4.69) is 15.2 Å².